The first-order valence-corrected chi connectivity index (χ1v) is 12.8. The quantitative estimate of drug-likeness (QED) is 0.501. The fourth-order valence-electron chi connectivity index (χ4n) is 4.68. The molecule has 1 saturated heterocycles. The third-order valence-electron chi connectivity index (χ3n) is 6.61. The lowest BCUT2D eigenvalue weighted by Crippen LogP contribution is -2.53. The number of piperazine rings is 1. The third-order valence-corrected chi connectivity index (χ3v) is 6.97. The number of fused-ring (bicyclic) bond motifs is 1. The van der Waals surface area contributed by atoms with E-state index in [0.717, 1.165) is 5.56 Å². The van der Waals surface area contributed by atoms with Crippen molar-refractivity contribution in [2.45, 2.75) is 13.5 Å². The van der Waals surface area contributed by atoms with E-state index in [9.17, 15) is 14.0 Å². The van der Waals surface area contributed by atoms with E-state index in [2.05, 4.69) is 10.3 Å². The number of amides is 1. The Balaban J connectivity index is 0.00000112. The molecule has 0 saturated carbocycles. The molecule has 0 bridgehead atoms. The highest BCUT2D eigenvalue weighted by Gasteiger charge is 2.26. The van der Waals surface area contributed by atoms with Gasteiger partial charge in [-0.05, 0) is 37.4 Å². The number of aliphatic imine (C=N–C) groups is 1. The number of nitrogens with zero attached hydrogens (tertiary/aromatic N) is 4. The van der Waals surface area contributed by atoms with E-state index in [1.807, 2.05) is 51.6 Å². The van der Waals surface area contributed by atoms with Gasteiger partial charge < -0.3 is 14.4 Å². The molecule has 0 spiro atoms. The Bertz CT molecular complexity index is 1550. The second-order valence-electron chi connectivity index (χ2n) is 8.78. The molecule has 1 N–H and O–H groups in total. The topological polar surface area (TPSA) is 104 Å². The van der Waals surface area contributed by atoms with Crippen LogP contribution in [-0.2, 0) is 20.9 Å². The Kier molecular flexibility index (Phi) is 8.75. The number of thiocarbonyl (C=S) groups is 1. The van der Waals surface area contributed by atoms with E-state index in [0.29, 0.717) is 72.3 Å². The van der Waals surface area contributed by atoms with Crippen molar-refractivity contribution in [3.05, 3.63) is 88.0 Å². The zero-order chi connectivity index (χ0) is 27.9. The van der Waals surface area contributed by atoms with Crippen LogP contribution < -0.4 is 15.6 Å². The number of hydrogen-bond acceptors (Lipinski definition) is 7. The molecule has 39 heavy (non-hydrogen) atoms. The van der Waals surface area contributed by atoms with Gasteiger partial charge in [0, 0.05) is 55.9 Å². The van der Waals surface area contributed by atoms with Gasteiger partial charge in [-0.15, -0.1) is 0 Å². The number of pyridine rings is 1. The van der Waals surface area contributed by atoms with E-state index in [4.69, 9.17) is 21.8 Å². The first kappa shape index (κ1) is 27.6. The minimum absolute atomic E-state index is 0.191. The number of nitrogens with one attached hydrogen (secondary N) is 1. The van der Waals surface area contributed by atoms with Gasteiger partial charge in [0.05, 0.1) is 29.0 Å². The summed E-state index contributed by atoms with van der Waals surface area (Å²) in [5, 5.41) is 3.56. The van der Waals surface area contributed by atoms with E-state index in [1.165, 1.54) is 12.1 Å². The monoisotopic (exact) mass is 547 g/mol. The van der Waals surface area contributed by atoms with E-state index < -0.39 is 5.82 Å². The maximum Gasteiger partial charge on any atom is 0.373 e. The van der Waals surface area contributed by atoms with Gasteiger partial charge in [-0.1, -0.05) is 30.3 Å². The van der Waals surface area contributed by atoms with Crippen LogP contribution in [0.4, 0.5) is 10.1 Å². The molecule has 200 valence electrons. The summed E-state index contributed by atoms with van der Waals surface area (Å²) < 4.78 is 16.9. The van der Waals surface area contributed by atoms with Crippen LogP contribution in [0.1, 0.15) is 12.5 Å². The fourth-order valence-corrected chi connectivity index (χ4v) is 4.95. The summed E-state index contributed by atoms with van der Waals surface area (Å²) in [6.45, 7) is 5.24. The standard InChI is InChI=1S/C27H26FN5O2S.CO2/c1-2-31-11-9-24(34)20-16-21(28)23(17-22(20)31)32-12-14-33(15-13-32)27(36)30-26(35)19-8-10-29-25(19)18-6-4-3-5-7-18;2-1-3/h3-9,11,16-17H,2,10,12-15H2,1H3,(H,30,35,36);. The Morgan fingerprint density at radius 3 is 2.46 bits per heavy atom. The highest BCUT2D eigenvalue weighted by molar-refractivity contribution is 7.80. The van der Waals surface area contributed by atoms with Crippen LogP contribution in [0.5, 0.6) is 0 Å². The van der Waals surface area contributed by atoms with Gasteiger partial charge in [-0.2, -0.15) is 9.59 Å². The molecule has 0 atom stereocenters. The molecule has 2 aliphatic heterocycles. The van der Waals surface area contributed by atoms with Crippen molar-refractivity contribution in [3.8, 4) is 0 Å². The van der Waals surface area contributed by atoms with Gasteiger partial charge in [0.15, 0.2) is 10.5 Å². The molecule has 3 heterocycles. The number of rotatable bonds is 4. The van der Waals surface area contributed by atoms with Crippen molar-refractivity contribution in [2.75, 3.05) is 37.6 Å². The number of aromatic nitrogens is 1. The zero-order valence-electron chi connectivity index (χ0n) is 21.2. The maximum absolute atomic E-state index is 15.0. The van der Waals surface area contributed by atoms with E-state index in [-0.39, 0.29) is 17.5 Å². The second kappa shape index (κ2) is 12.4. The van der Waals surface area contributed by atoms with Gasteiger partial charge in [-0.3, -0.25) is 19.9 Å². The molecule has 2 aliphatic rings. The van der Waals surface area contributed by atoms with Gasteiger partial charge in [0.2, 0.25) is 0 Å². The fraction of sp³-hybridized carbons (Fsp3) is 0.250. The van der Waals surface area contributed by atoms with Crippen molar-refractivity contribution in [1.82, 2.24) is 14.8 Å². The number of carbonyl (C=O) groups is 1. The van der Waals surface area contributed by atoms with Crippen molar-refractivity contribution in [2.24, 2.45) is 4.99 Å². The minimum Gasteiger partial charge on any atom is -0.366 e. The molecule has 3 aromatic rings. The summed E-state index contributed by atoms with van der Waals surface area (Å²) in [4.78, 5) is 49.8. The summed E-state index contributed by atoms with van der Waals surface area (Å²) in [6.07, 6.45) is 3.79. The highest BCUT2D eigenvalue weighted by atomic mass is 32.1. The van der Waals surface area contributed by atoms with Crippen LogP contribution in [0, 0.1) is 5.82 Å². The van der Waals surface area contributed by atoms with Crippen molar-refractivity contribution in [1.29, 1.82) is 0 Å². The van der Waals surface area contributed by atoms with Crippen LogP contribution in [0.25, 0.3) is 10.9 Å². The molecule has 11 heteroatoms. The summed E-state index contributed by atoms with van der Waals surface area (Å²) in [7, 11) is 0. The summed E-state index contributed by atoms with van der Waals surface area (Å²) >= 11 is 5.53. The predicted octanol–water partition coefficient (Wildman–Crippen LogP) is 2.53. The predicted molar refractivity (Wildman–Crippen MR) is 149 cm³/mol. The Labute approximate surface area is 229 Å². The van der Waals surface area contributed by atoms with Crippen molar-refractivity contribution in [3.63, 3.8) is 0 Å². The van der Waals surface area contributed by atoms with Crippen LogP contribution in [0.2, 0.25) is 0 Å². The average Bonchev–Trinajstić information content (AvgIpc) is 3.45. The third kappa shape index (κ3) is 6.00. The molecule has 0 unspecified atom stereocenters. The lowest BCUT2D eigenvalue weighted by atomic mass is 10.0. The molecule has 1 fully saturated rings. The Hall–Kier alpha value is -4.47. The maximum atomic E-state index is 15.0. The van der Waals surface area contributed by atoms with E-state index in [1.54, 1.807) is 18.3 Å². The number of carbonyl (C=O) groups excluding carboxylic acids is 3. The average molecular weight is 548 g/mol. The lowest BCUT2D eigenvalue weighted by molar-refractivity contribution is -0.191. The minimum atomic E-state index is -0.418. The largest absolute Gasteiger partial charge is 0.373 e. The smallest absolute Gasteiger partial charge is 0.366 e. The van der Waals surface area contributed by atoms with Gasteiger partial charge >= 0.3 is 6.15 Å². The number of aryl methyl sites for hydroxylation is 1. The van der Waals surface area contributed by atoms with Gasteiger partial charge in [0.25, 0.3) is 5.91 Å². The van der Waals surface area contributed by atoms with Crippen molar-refractivity contribution >= 4 is 51.7 Å². The molecule has 2 aromatic carbocycles. The SMILES string of the molecule is CCn1ccc(=O)c2cc(F)c(N3CCN(C(=S)NC(=O)C4=CCN=C4c4ccccc4)CC3)cc21.O=C=O. The molecule has 1 aromatic heterocycles. The first-order valence-electron chi connectivity index (χ1n) is 12.4. The Morgan fingerprint density at radius 1 is 1.10 bits per heavy atom. The molecular formula is C28H26FN5O4S. The van der Waals surface area contributed by atoms with Gasteiger partial charge in [0.1, 0.15) is 5.82 Å². The van der Waals surface area contributed by atoms with Crippen LogP contribution in [-0.4, -0.2) is 65.1 Å². The summed E-state index contributed by atoms with van der Waals surface area (Å²) in [5.41, 5.74) is 3.06. The summed E-state index contributed by atoms with van der Waals surface area (Å²) in [5.74, 6) is -0.695. The number of halogens is 1. The van der Waals surface area contributed by atoms with Gasteiger partial charge in [-0.25, -0.2) is 4.39 Å². The second-order valence-corrected chi connectivity index (χ2v) is 9.16. The molecule has 0 aliphatic carbocycles. The van der Waals surface area contributed by atoms with Crippen LogP contribution in [0.15, 0.2) is 76.2 Å². The normalized spacial score (nSPS) is 14.6. The Morgan fingerprint density at radius 2 is 1.79 bits per heavy atom. The summed E-state index contributed by atoms with van der Waals surface area (Å²) in [6, 6.07) is 14.1. The first-order chi connectivity index (χ1) is 18.9. The lowest BCUT2D eigenvalue weighted by Gasteiger charge is -2.37. The number of hydrogen-bond donors (Lipinski definition) is 1. The molecule has 0 radical (unpaired) electrons. The molecule has 9 nitrogen and oxygen atoms in total. The number of anilines is 1. The van der Waals surface area contributed by atoms with Crippen LogP contribution >= 0.6 is 12.2 Å². The van der Waals surface area contributed by atoms with E-state index >= 15 is 0 Å². The van der Waals surface area contributed by atoms with Crippen LogP contribution in [0.3, 0.4) is 0 Å². The number of benzene rings is 2. The zero-order valence-corrected chi connectivity index (χ0v) is 22.0. The molecule has 5 rings (SSSR count). The molecular weight excluding hydrogens is 521 g/mol. The molecule has 1 amide bonds. The highest BCUT2D eigenvalue weighted by Crippen LogP contribution is 2.26. The van der Waals surface area contributed by atoms with Crippen molar-refractivity contribution < 1.29 is 18.8 Å².